The fraction of sp³-hybridized carbons (Fsp3) is 0.857. The fourth-order valence-corrected chi connectivity index (χ4v) is 5.42. The molecule has 0 radical (unpaired) electrons. The summed E-state index contributed by atoms with van der Waals surface area (Å²) < 4.78 is 0. The molecular formula is C14H23NO2S. The number of hydrogen-bond donors (Lipinski definition) is 1. The highest BCUT2D eigenvalue weighted by atomic mass is 32.2. The zero-order valence-corrected chi connectivity index (χ0v) is 12.5. The predicted octanol–water partition coefficient (Wildman–Crippen LogP) is 2.45. The number of carbonyl (C=O) groups is 2. The minimum Gasteiger partial charge on any atom is -0.296 e. The number of hydrogen-bond acceptors (Lipinski definition) is 3. The van der Waals surface area contributed by atoms with Gasteiger partial charge in [0, 0.05) is 23.5 Å². The van der Waals surface area contributed by atoms with Crippen LogP contribution in [-0.4, -0.2) is 23.3 Å². The summed E-state index contributed by atoms with van der Waals surface area (Å²) in [6.07, 6.45) is 1.49. The summed E-state index contributed by atoms with van der Waals surface area (Å²) >= 11 is 1.90. The lowest BCUT2D eigenvalue weighted by Gasteiger charge is -2.51. The Balaban J connectivity index is 2.36. The summed E-state index contributed by atoms with van der Waals surface area (Å²) in [5.41, 5.74) is 0.0912. The molecule has 0 aliphatic carbocycles. The van der Waals surface area contributed by atoms with Gasteiger partial charge < -0.3 is 0 Å². The molecular weight excluding hydrogens is 246 g/mol. The van der Waals surface area contributed by atoms with Gasteiger partial charge in [0.2, 0.25) is 11.8 Å². The third kappa shape index (κ3) is 2.44. The molecule has 2 unspecified atom stereocenters. The highest BCUT2D eigenvalue weighted by molar-refractivity contribution is 7.99. The normalized spacial score (nSPS) is 35.9. The van der Waals surface area contributed by atoms with E-state index < -0.39 is 0 Å². The maximum atomic E-state index is 12.2. The third-order valence-electron chi connectivity index (χ3n) is 4.10. The molecule has 0 aromatic carbocycles. The van der Waals surface area contributed by atoms with E-state index in [1.54, 1.807) is 0 Å². The van der Waals surface area contributed by atoms with Gasteiger partial charge in [0.15, 0.2) is 0 Å². The first-order valence-electron chi connectivity index (χ1n) is 6.67. The van der Waals surface area contributed by atoms with E-state index >= 15 is 0 Å². The summed E-state index contributed by atoms with van der Waals surface area (Å²) in [6.45, 7) is 8.67. The Morgan fingerprint density at radius 3 is 2.50 bits per heavy atom. The van der Waals surface area contributed by atoms with Crippen molar-refractivity contribution in [2.75, 3.05) is 11.5 Å². The van der Waals surface area contributed by atoms with Gasteiger partial charge in [0.1, 0.15) is 0 Å². The molecule has 2 saturated heterocycles. The van der Waals surface area contributed by atoms with Crippen LogP contribution < -0.4 is 5.32 Å². The van der Waals surface area contributed by atoms with E-state index in [0.717, 1.165) is 17.9 Å². The first kappa shape index (κ1) is 13.9. The van der Waals surface area contributed by atoms with Crippen molar-refractivity contribution in [2.24, 2.45) is 22.7 Å². The number of imide groups is 1. The van der Waals surface area contributed by atoms with Crippen LogP contribution in [0.1, 0.15) is 40.5 Å². The molecule has 2 aliphatic heterocycles. The van der Waals surface area contributed by atoms with Crippen molar-refractivity contribution in [2.45, 2.75) is 40.5 Å². The Hall–Kier alpha value is -0.510. The van der Waals surface area contributed by atoms with E-state index in [4.69, 9.17) is 0 Å². The predicted molar refractivity (Wildman–Crippen MR) is 74.3 cm³/mol. The molecule has 4 heteroatoms. The molecule has 1 N–H and O–H groups in total. The molecule has 2 rings (SSSR count). The van der Waals surface area contributed by atoms with E-state index in [1.807, 2.05) is 11.8 Å². The van der Waals surface area contributed by atoms with Crippen LogP contribution in [0, 0.1) is 22.7 Å². The molecule has 2 atom stereocenters. The maximum absolute atomic E-state index is 12.2. The third-order valence-corrected chi connectivity index (χ3v) is 5.86. The SMILES string of the molecule is CC(C)C1C(=O)NC(=O)CC12CSCC(C)(C)C2. The van der Waals surface area contributed by atoms with Gasteiger partial charge in [-0.2, -0.15) is 11.8 Å². The summed E-state index contributed by atoms with van der Waals surface area (Å²) in [4.78, 5) is 24.0. The second-order valence-electron chi connectivity index (χ2n) is 7.01. The number of rotatable bonds is 1. The van der Waals surface area contributed by atoms with Crippen LogP contribution in [0.2, 0.25) is 0 Å². The van der Waals surface area contributed by atoms with Crippen molar-refractivity contribution in [1.29, 1.82) is 0 Å². The molecule has 2 heterocycles. The van der Waals surface area contributed by atoms with Crippen LogP contribution >= 0.6 is 11.8 Å². The van der Waals surface area contributed by atoms with E-state index in [-0.39, 0.29) is 34.5 Å². The monoisotopic (exact) mass is 269 g/mol. The van der Waals surface area contributed by atoms with Gasteiger partial charge in [0.25, 0.3) is 0 Å². The van der Waals surface area contributed by atoms with Crippen molar-refractivity contribution in [3.63, 3.8) is 0 Å². The number of piperidine rings is 1. The highest BCUT2D eigenvalue weighted by Gasteiger charge is 2.53. The Kier molecular flexibility index (Phi) is 3.52. The standard InChI is InChI=1S/C14H23NO2S/c1-9(2)11-12(17)15-10(16)5-14(11)6-13(3,4)7-18-8-14/h9,11H,5-8H2,1-4H3,(H,15,16,17). The Morgan fingerprint density at radius 2 is 1.94 bits per heavy atom. The van der Waals surface area contributed by atoms with Gasteiger partial charge in [-0.05, 0) is 23.5 Å². The van der Waals surface area contributed by atoms with Crippen molar-refractivity contribution in [3.05, 3.63) is 0 Å². The maximum Gasteiger partial charge on any atom is 0.230 e. The molecule has 18 heavy (non-hydrogen) atoms. The van der Waals surface area contributed by atoms with E-state index in [0.29, 0.717) is 6.42 Å². The molecule has 102 valence electrons. The van der Waals surface area contributed by atoms with Crippen molar-refractivity contribution < 1.29 is 9.59 Å². The molecule has 1 spiro atoms. The quantitative estimate of drug-likeness (QED) is 0.744. The van der Waals surface area contributed by atoms with Crippen LogP contribution in [-0.2, 0) is 9.59 Å². The number of amides is 2. The van der Waals surface area contributed by atoms with Crippen molar-refractivity contribution in [3.8, 4) is 0 Å². The smallest absolute Gasteiger partial charge is 0.230 e. The van der Waals surface area contributed by atoms with Gasteiger partial charge in [-0.25, -0.2) is 0 Å². The number of carbonyl (C=O) groups excluding carboxylic acids is 2. The minimum absolute atomic E-state index is 0.0257. The molecule has 0 saturated carbocycles. The number of nitrogens with one attached hydrogen (secondary N) is 1. The molecule has 2 amide bonds. The zero-order valence-electron chi connectivity index (χ0n) is 11.7. The van der Waals surface area contributed by atoms with Crippen LogP contribution in [0.25, 0.3) is 0 Å². The second-order valence-corrected chi connectivity index (χ2v) is 7.99. The molecule has 0 aromatic rings. The van der Waals surface area contributed by atoms with Gasteiger partial charge in [0.05, 0.1) is 0 Å². The fourth-order valence-electron chi connectivity index (χ4n) is 3.88. The topological polar surface area (TPSA) is 46.2 Å². The summed E-state index contributed by atoms with van der Waals surface area (Å²) in [6, 6.07) is 0. The lowest BCUT2D eigenvalue weighted by atomic mass is 9.60. The molecule has 2 fully saturated rings. The van der Waals surface area contributed by atoms with Crippen LogP contribution in [0.3, 0.4) is 0 Å². The number of thioether (sulfide) groups is 1. The molecule has 0 aromatic heterocycles. The van der Waals surface area contributed by atoms with Crippen LogP contribution in [0.4, 0.5) is 0 Å². The lowest BCUT2D eigenvalue weighted by molar-refractivity contribution is -0.146. The molecule has 2 aliphatic rings. The van der Waals surface area contributed by atoms with Crippen molar-refractivity contribution >= 4 is 23.6 Å². The van der Waals surface area contributed by atoms with E-state index in [2.05, 4.69) is 33.0 Å². The van der Waals surface area contributed by atoms with Gasteiger partial charge in [-0.3, -0.25) is 14.9 Å². The Labute approximate surface area is 113 Å². The average Bonchev–Trinajstić information content (AvgIpc) is 2.11. The molecule has 0 bridgehead atoms. The van der Waals surface area contributed by atoms with E-state index in [1.165, 1.54) is 0 Å². The zero-order chi connectivity index (χ0) is 13.6. The molecule has 3 nitrogen and oxygen atoms in total. The highest BCUT2D eigenvalue weighted by Crippen LogP contribution is 2.53. The van der Waals surface area contributed by atoms with Crippen LogP contribution in [0.15, 0.2) is 0 Å². The first-order chi connectivity index (χ1) is 8.26. The second kappa shape index (κ2) is 4.55. The van der Waals surface area contributed by atoms with Gasteiger partial charge in [-0.1, -0.05) is 27.7 Å². The van der Waals surface area contributed by atoms with Gasteiger partial charge in [-0.15, -0.1) is 0 Å². The average molecular weight is 269 g/mol. The van der Waals surface area contributed by atoms with Crippen LogP contribution in [0.5, 0.6) is 0 Å². The van der Waals surface area contributed by atoms with Gasteiger partial charge >= 0.3 is 0 Å². The first-order valence-corrected chi connectivity index (χ1v) is 7.83. The minimum atomic E-state index is -0.125. The van der Waals surface area contributed by atoms with E-state index in [9.17, 15) is 9.59 Å². The largest absolute Gasteiger partial charge is 0.296 e. The summed E-state index contributed by atoms with van der Waals surface area (Å²) in [7, 11) is 0. The lowest BCUT2D eigenvalue weighted by Crippen LogP contribution is -2.57. The Morgan fingerprint density at radius 1 is 1.28 bits per heavy atom. The Bertz CT molecular complexity index is 378. The van der Waals surface area contributed by atoms with Crippen molar-refractivity contribution in [1.82, 2.24) is 5.32 Å². The summed E-state index contributed by atoms with van der Waals surface area (Å²) in [5.74, 6) is 2.18. The summed E-state index contributed by atoms with van der Waals surface area (Å²) in [5, 5.41) is 2.52.